The predicted octanol–water partition coefficient (Wildman–Crippen LogP) is 0.854. The Morgan fingerprint density at radius 1 is 1.57 bits per heavy atom. The molecule has 0 atom stereocenters. The number of aromatic carboxylic acids is 1. The fourth-order valence-corrected chi connectivity index (χ4v) is 1.45. The molecular formula is C9H9N3O2. The van der Waals surface area contributed by atoms with E-state index in [9.17, 15) is 4.79 Å². The van der Waals surface area contributed by atoms with Gasteiger partial charge in [-0.05, 0) is 12.1 Å². The number of benzene rings is 1. The maximum atomic E-state index is 10.7. The van der Waals surface area contributed by atoms with Gasteiger partial charge in [0.15, 0.2) is 0 Å². The molecule has 2 aromatic rings. The quantitative estimate of drug-likeness (QED) is 0.655. The zero-order valence-corrected chi connectivity index (χ0v) is 7.56. The summed E-state index contributed by atoms with van der Waals surface area (Å²) in [6, 6.07) is 2.94. The van der Waals surface area contributed by atoms with Crippen LogP contribution in [0.15, 0.2) is 18.5 Å². The number of hydrogen-bond acceptors (Lipinski definition) is 3. The first-order chi connectivity index (χ1) is 6.59. The number of hydrogen-bond donors (Lipinski definition) is 2. The molecule has 0 spiro atoms. The Bertz CT molecular complexity index is 516. The highest BCUT2D eigenvalue weighted by molar-refractivity contribution is 5.97. The standard InChI is InChI=1S/C9H9N3O2/c1-12-4-11-7-3-5(9(13)14)2-6(10)8(7)12/h2-4H,10H2,1H3,(H,13,14). The van der Waals surface area contributed by atoms with Gasteiger partial charge in [-0.25, -0.2) is 9.78 Å². The Labute approximate surface area is 79.8 Å². The number of imidazole rings is 1. The normalized spacial score (nSPS) is 10.6. The van der Waals surface area contributed by atoms with E-state index < -0.39 is 5.97 Å². The summed E-state index contributed by atoms with van der Waals surface area (Å²) in [4.78, 5) is 14.8. The second kappa shape index (κ2) is 2.73. The Hall–Kier alpha value is -2.04. The van der Waals surface area contributed by atoms with E-state index in [1.807, 2.05) is 7.05 Å². The molecule has 14 heavy (non-hydrogen) atoms. The van der Waals surface area contributed by atoms with Crippen LogP contribution in [0, 0.1) is 0 Å². The average molecular weight is 191 g/mol. The van der Waals surface area contributed by atoms with Gasteiger partial charge in [0.25, 0.3) is 0 Å². The topological polar surface area (TPSA) is 81.1 Å². The summed E-state index contributed by atoms with van der Waals surface area (Å²) in [6.07, 6.45) is 1.60. The monoisotopic (exact) mass is 191 g/mol. The lowest BCUT2D eigenvalue weighted by atomic mass is 10.1. The second-order valence-electron chi connectivity index (χ2n) is 3.09. The summed E-state index contributed by atoms with van der Waals surface area (Å²) in [7, 11) is 1.81. The zero-order chi connectivity index (χ0) is 10.3. The van der Waals surface area contributed by atoms with Crippen LogP contribution in [-0.4, -0.2) is 20.6 Å². The highest BCUT2D eigenvalue weighted by Crippen LogP contribution is 2.21. The van der Waals surface area contributed by atoms with Gasteiger partial charge in [0.1, 0.15) is 0 Å². The van der Waals surface area contributed by atoms with E-state index in [0.29, 0.717) is 11.2 Å². The van der Waals surface area contributed by atoms with Crippen molar-refractivity contribution in [2.45, 2.75) is 0 Å². The lowest BCUT2D eigenvalue weighted by Gasteiger charge is -2.01. The molecule has 1 aromatic carbocycles. The molecule has 0 unspecified atom stereocenters. The van der Waals surface area contributed by atoms with Crippen LogP contribution in [0.5, 0.6) is 0 Å². The summed E-state index contributed by atoms with van der Waals surface area (Å²) in [5.41, 5.74) is 7.67. The number of aryl methyl sites for hydroxylation is 1. The molecular weight excluding hydrogens is 182 g/mol. The van der Waals surface area contributed by atoms with Crippen molar-refractivity contribution in [2.75, 3.05) is 5.73 Å². The highest BCUT2D eigenvalue weighted by atomic mass is 16.4. The lowest BCUT2D eigenvalue weighted by molar-refractivity contribution is 0.0697. The summed E-state index contributed by atoms with van der Waals surface area (Å²) >= 11 is 0. The SMILES string of the molecule is Cn1cnc2cc(C(=O)O)cc(N)c21. The van der Waals surface area contributed by atoms with Crippen LogP contribution in [0.3, 0.4) is 0 Å². The van der Waals surface area contributed by atoms with E-state index in [-0.39, 0.29) is 5.56 Å². The molecule has 0 aliphatic carbocycles. The highest BCUT2D eigenvalue weighted by Gasteiger charge is 2.09. The summed E-state index contributed by atoms with van der Waals surface area (Å²) < 4.78 is 1.76. The van der Waals surface area contributed by atoms with Crippen LogP contribution in [0.4, 0.5) is 5.69 Å². The van der Waals surface area contributed by atoms with Gasteiger partial charge in [-0.15, -0.1) is 0 Å². The molecule has 0 bridgehead atoms. The third-order valence-electron chi connectivity index (χ3n) is 2.09. The van der Waals surface area contributed by atoms with Crippen molar-refractivity contribution >= 4 is 22.7 Å². The Balaban J connectivity index is 2.80. The number of carbonyl (C=O) groups is 1. The van der Waals surface area contributed by atoms with Crippen LogP contribution in [-0.2, 0) is 7.05 Å². The van der Waals surface area contributed by atoms with Crippen molar-refractivity contribution in [1.29, 1.82) is 0 Å². The summed E-state index contributed by atoms with van der Waals surface area (Å²) in [6.45, 7) is 0. The second-order valence-corrected chi connectivity index (χ2v) is 3.09. The molecule has 0 radical (unpaired) electrons. The van der Waals surface area contributed by atoms with Crippen LogP contribution >= 0.6 is 0 Å². The molecule has 5 nitrogen and oxygen atoms in total. The van der Waals surface area contributed by atoms with E-state index >= 15 is 0 Å². The van der Waals surface area contributed by atoms with Gasteiger partial charge < -0.3 is 15.4 Å². The molecule has 1 aromatic heterocycles. The molecule has 0 aliphatic heterocycles. The first-order valence-corrected chi connectivity index (χ1v) is 4.03. The van der Waals surface area contributed by atoms with Gasteiger partial charge in [0.05, 0.1) is 28.6 Å². The minimum Gasteiger partial charge on any atom is -0.478 e. The molecule has 0 aliphatic rings. The van der Waals surface area contributed by atoms with Crippen molar-refractivity contribution < 1.29 is 9.90 Å². The lowest BCUT2D eigenvalue weighted by Crippen LogP contribution is -1.99. The maximum absolute atomic E-state index is 10.7. The van der Waals surface area contributed by atoms with Gasteiger partial charge >= 0.3 is 5.97 Å². The Kier molecular flexibility index (Phi) is 1.67. The van der Waals surface area contributed by atoms with E-state index in [2.05, 4.69) is 4.98 Å². The van der Waals surface area contributed by atoms with Crippen molar-refractivity contribution in [2.24, 2.45) is 7.05 Å². The van der Waals surface area contributed by atoms with Gasteiger partial charge in [-0.2, -0.15) is 0 Å². The summed E-state index contributed by atoms with van der Waals surface area (Å²) in [5.74, 6) is -0.996. The van der Waals surface area contributed by atoms with Gasteiger partial charge in [-0.3, -0.25) is 0 Å². The molecule has 2 rings (SSSR count). The first-order valence-electron chi connectivity index (χ1n) is 4.03. The Morgan fingerprint density at radius 2 is 2.29 bits per heavy atom. The van der Waals surface area contributed by atoms with Crippen LogP contribution in [0.1, 0.15) is 10.4 Å². The van der Waals surface area contributed by atoms with E-state index in [1.165, 1.54) is 12.1 Å². The first kappa shape index (κ1) is 8.55. The van der Waals surface area contributed by atoms with Crippen molar-refractivity contribution in [3.05, 3.63) is 24.0 Å². The predicted molar refractivity (Wildman–Crippen MR) is 52.1 cm³/mol. The van der Waals surface area contributed by atoms with Crippen molar-refractivity contribution in [3.63, 3.8) is 0 Å². The average Bonchev–Trinajstić information content (AvgIpc) is 2.48. The van der Waals surface area contributed by atoms with Crippen molar-refractivity contribution in [1.82, 2.24) is 9.55 Å². The van der Waals surface area contributed by atoms with Crippen LogP contribution in [0.2, 0.25) is 0 Å². The van der Waals surface area contributed by atoms with Gasteiger partial charge in [0.2, 0.25) is 0 Å². The molecule has 0 fully saturated rings. The fraction of sp³-hybridized carbons (Fsp3) is 0.111. The number of fused-ring (bicyclic) bond motifs is 1. The molecule has 1 heterocycles. The largest absolute Gasteiger partial charge is 0.478 e. The van der Waals surface area contributed by atoms with Gasteiger partial charge in [-0.1, -0.05) is 0 Å². The minimum absolute atomic E-state index is 0.161. The Morgan fingerprint density at radius 3 is 2.93 bits per heavy atom. The molecule has 72 valence electrons. The minimum atomic E-state index is -0.996. The van der Waals surface area contributed by atoms with Crippen molar-refractivity contribution in [3.8, 4) is 0 Å². The number of anilines is 1. The zero-order valence-electron chi connectivity index (χ0n) is 7.56. The van der Waals surface area contributed by atoms with Gasteiger partial charge in [0, 0.05) is 7.05 Å². The van der Waals surface area contributed by atoms with Crippen LogP contribution in [0.25, 0.3) is 11.0 Å². The smallest absolute Gasteiger partial charge is 0.335 e. The molecule has 0 saturated heterocycles. The molecule has 5 heteroatoms. The van der Waals surface area contributed by atoms with Crippen LogP contribution < -0.4 is 5.73 Å². The number of aromatic nitrogens is 2. The molecule has 0 saturated carbocycles. The fourth-order valence-electron chi connectivity index (χ4n) is 1.45. The number of nitrogen functional groups attached to an aromatic ring is 1. The van der Waals surface area contributed by atoms with E-state index in [4.69, 9.17) is 10.8 Å². The number of carboxylic acid groups (broad SMARTS) is 1. The number of carboxylic acids is 1. The van der Waals surface area contributed by atoms with E-state index in [1.54, 1.807) is 10.9 Å². The summed E-state index contributed by atoms with van der Waals surface area (Å²) in [5, 5.41) is 8.79. The maximum Gasteiger partial charge on any atom is 0.335 e. The number of nitrogens with zero attached hydrogens (tertiary/aromatic N) is 2. The third-order valence-corrected chi connectivity index (χ3v) is 2.09. The number of nitrogens with two attached hydrogens (primary N) is 1. The molecule has 3 N–H and O–H groups in total. The number of rotatable bonds is 1. The van der Waals surface area contributed by atoms with E-state index in [0.717, 1.165) is 5.52 Å². The third kappa shape index (κ3) is 1.10. The molecule has 0 amide bonds.